The predicted octanol–water partition coefficient (Wildman–Crippen LogP) is 1.76. The second-order valence-electron chi connectivity index (χ2n) is 5.81. The van der Waals surface area contributed by atoms with Crippen molar-refractivity contribution in [2.24, 2.45) is 0 Å². The second kappa shape index (κ2) is 8.66. The van der Waals surface area contributed by atoms with Gasteiger partial charge >= 0.3 is 6.09 Å². The minimum absolute atomic E-state index is 0.194. The van der Waals surface area contributed by atoms with Gasteiger partial charge in [0.2, 0.25) is 5.91 Å². The lowest BCUT2D eigenvalue weighted by molar-refractivity contribution is -0.119. The molecule has 1 atom stereocenters. The van der Waals surface area contributed by atoms with Gasteiger partial charge in [0.1, 0.15) is 11.9 Å². The molecule has 1 aliphatic heterocycles. The maximum atomic E-state index is 14.4. The first-order chi connectivity index (χ1) is 11.9. The molecule has 1 aromatic rings. The molecular formula is C17H24FN3O4. The first-order valence-corrected chi connectivity index (χ1v) is 8.23. The van der Waals surface area contributed by atoms with E-state index in [0.717, 1.165) is 0 Å². The van der Waals surface area contributed by atoms with E-state index in [4.69, 9.17) is 9.47 Å². The Balaban J connectivity index is 2.02. The molecule has 0 aromatic heterocycles. The number of nitrogens with zero attached hydrogens (tertiary/aromatic N) is 2. The van der Waals surface area contributed by atoms with E-state index in [1.165, 1.54) is 17.9 Å². The van der Waals surface area contributed by atoms with E-state index in [9.17, 15) is 14.0 Å². The molecule has 8 heteroatoms. The minimum atomic E-state index is -0.549. The molecule has 1 heterocycles. The number of carbonyl (C=O) groups is 2. The zero-order valence-electron chi connectivity index (χ0n) is 14.8. The maximum Gasteiger partial charge on any atom is 0.414 e. The van der Waals surface area contributed by atoms with Gasteiger partial charge in [-0.15, -0.1) is 0 Å². The Kier molecular flexibility index (Phi) is 6.58. The summed E-state index contributed by atoms with van der Waals surface area (Å²) in [6.07, 6.45) is -1.000. The first kappa shape index (κ1) is 19.0. The third-order valence-corrected chi connectivity index (χ3v) is 3.88. The van der Waals surface area contributed by atoms with E-state index in [1.54, 1.807) is 24.1 Å². The Hall–Kier alpha value is -2.35. The summed E-state index contributed by atoms with van der Waals surface area (Å²) in [5.74, 6) is -0.616. The van der Waals surface area contributed by atoms with Crippen LogP contribution >= 0.6 is 0 Å². The highest BCUT2D eigenvalue weighted by atomic mass is 19.1. The van der Waals surface area contributed by atoms with Gasteiger partial charge in [0.15, 0.2) is 0 Å². The Morgan fingerprint density at radius 3 is 2.92 bits per heavy atom. The highest BCUT2D eigenvalue weighted by molar-refractivity contribution is 5.90. The lowest BCUT2D eigenvalue weighted by Crippen LogP contribution is -2.33. The van der Waals surface area contributed by atoms with Gasteiger partial charge in [0, 0.05) is 27.1 Å². The van der Waals surface area contributed by atoms with Gasteiger partial charge in [-0.1, -0.05) is 0 Å². The third kappa shape index (κ3) is 5.06. The average molecular weight is 353 g/mol. The first-order valence-electron chi connectivity index (χ1n) is 8.23. The normalized spacial score (nSPS) is 16.7. The Morgan fingerprint density at radius 2 is 2.28 bits per heavy atom. The Labute approximate surface area is 146 Å². The zero-order valence-corrected chi connectivity index (χ0v) is 14.8. The molecule has 0 aliphatic carbocycles. The van der Waals surface area contributed by atoms with Crippen LogP contribution in [0.2, 0.25) is 0 Å². The molecule has 0 radical (unpaired) electrons. The number of ether oxygens (including phenoxy) is 2. The van der Waals surface area contributed by atoms with Crippen molar-refractivity contribution in [1.82, 2.24) is 5.32 Å². The molecule has 1 aromatic carbocycles. The van der Waals surface area contributed by atoms with E-state index in [2.05, 4.69) is 5.32 Å². The van der Waals surface area contributed by atoms with Crippen LogP contribution in [-0.4, -0.2) is 58.0 Å². The van der Waals surface area contributed by atoms with Crippen LogP contribution in [0.5, 0.6) is 0 Å². The standard InChI is InChI=1S/C17H24FN3O4/c1-4-24-8-7-20(3)16-6-5-13(9-15(16)18)21-11-14(25-17(21)23)10-19-12(2)22/h5-6,9,14H,4,7-8,10-11H2,1-3H3,(H,19,22). The number of carbonyl (C=O) groups excluding carboxylic acids is 2. The summed E-state index contributed by atoms with van der Waals surface area (Å²) in [6, 6.07) is 4.62. The van der Waals surface area contributed by atoms with Gasteiger partial charge < -0.3 is 19.7 Å². The number of hydrogen-bond acceptors (Lipinski definition) is 5. The van der Waals surface area contributed by atoms with Gasteiger partial charge in [0.25, 0.3) is 0 Å². The number of cyclic esters (lactones) is 1. The Bertz CT molecular complexity index is 626. The average Bonchev–Trinajstić information content (AvgIpc) is 2.94. The van der Waals surface area contributed by atoms with E-state index < -0.39 is 18.0 Å². The van der Waals surface area contributed by atoms with Gasteiger partial charge in [-0.2, -0.15) is 0 Å². The van der Waals surface area contributed by atoms with Crippen LogP contribution in [0.3, 0.4) is 0 Å². The molecule has 1 N–H and O–H groups in total. The van der Waals surface area contributed by atoms with Gasteiger partial charge in [0.05, 0.1) is 31.1 Å². The quantitative estimate of drug-likeness (QED) is 0.721. The molecule has 25 heavy (non-hydrogen) atoms. The highest BCUT2D eigenvalue weighted by Crippen LogP contribution is 2.27. The van der Waals surface area contributed by atoms with Crippen molar-refractivity contribution in [2.75, 3.05) is 49.7 Å². The molecule has 2 amide bonds. The molecule has 138 valence electrons. The van der Waals surface area contributed by atoms with Crippen LogP contribution in [-0.2, 0) is 14.3 Å². The molecule has 7 nitrogen and oxygen atoms in total. The van der Waals surface area contributed by atoms with E-state index in [0.29, 0.717) is 31.1 Å². The second-order valence-corrected chi connectivity index (χ2v) is 5.81. The summed E-state index contributed by atoms with van der Waals surface area (Å²) in [7, 11) is 1.78. The molecule has 0 bridgehead atoms. The van der Waals surface area contributed by atoms with Gasteiger partial charge in [-0.05, 0) is 25.1 Å². The smallest absolute Gasteiger partial charge is 0.414 e. The van der Waals surface area contributed by atoms with Crippen LogP contribution in [0.4, 0.5) is 20.6 Å². The number of halogens is 1. The van der Waals surface area contributed by atoms with Crippen molar-refractivity contribution in [2.45, 2.75) is 20.0 Å². The maximum absolute atomic E-state index is 14.4. The number of amides is 2. The summed E-state index contributed by atoms with van der Waals surface area (Å²) in [5.41, 5.74) is 0.862. The number of hydrogen-bond donors (Lipinski definition) is 1. The molecule has 1 unspecified atom stereocenters. The van der Waals surface area contributed by atoms with Crippen LogP contribution in [0.1, 0.15) is 13.8 Å². The lowest BCUT2D eigenvalue weighted by Gasteiger charge is -2.21. The summed E-state index contributed by atoms with van der Waals surface area (Å²) in [5, 5.41) is 2.60. The molecule has 1 saturated heterocycles. The molecule has 1 aliphatic rings. The third-order valence-electron chi connectivity index (χ3n) is 3.88. The fourth-order valence-corrected chi connectivity index (χ4v) is 2.54. The van der Waals surface area contributed by atoms with Crippen LogP contribution < -0.4 is 15.1 Å². The van der Waals surface area contributed by atoms with Crippen molar-refractivity contribution >= 4 is 23.4 Å². The van der Waals surface area contributed by atoms with E-state index >= 15 is 0 Å². The fraction of sp³-hybridized carbons (Fsp3) is 0.529. The number of likely N-dealkylation sites (N-methyl/N-ethyl adjacent to an activating group) is 1. The topological polar surface area (TPSA) is 71.1 Å². The monoisotopic (exact) mass is 353 g/mol. The fourth-order valence-electron chi connectivity index (χ4n) is 2.54. The summed E-state index contributed by atoms with van der Waals surface area (Å²) in [6.45, 7) is 5.49. The summed E-state index contributed by atoms with van der Waals surface area (Å²) >= 11 is 0. The van der Waals surface area contributed by atoms with Crippen LogP contribution in [0.15, 0.2) is 18.2 Å². The highest BCUT2D eigenvalue weighted by Gasteiger charge is 2.32. The molecule has 0 spiro atoms. The zero-order chi connectivity index (χ0) is 18.4. The van der Waals surface area contributed by atoms with Crippen LogP contribution in [0, 0.1) is 5.82 Å². The molecule has 0 saturated carbocycles. The number of nitrogens with one attached hydrogen (secondary N) is 1. The summed E-state index contributed by atoms with van der Waals surface area (Å²) < 4.78 is 24.9. The van der Waals surface area contributed by atoms with Gasteiger partial charge in [-0.3, -0.25) is 9.69 Å². The number of rotatable bonds is 8. The van der Waals surface area contributed by atoms with Crippen molar-refractivity contribution in [3.05, 3.63) is 24.0 Å². The molecular weight excluding hydrogens is 329 g/mol. The van der Waals surface area contributed by atoms with Crippen molar-refractivity contribution < 1.29 is 23.5 Å². The van der Waals surface area contributed by atoms with Gasteiger partial charge in [-0.25, -0.2) is 9.18 Å². The molecule has 2 rings (SSSR count). The van der Waals surface area contributed by atoms with E-state index in [-0.39, 0.29) is 19.0 Å². The van der Waals surface area contributed by atoms with Crippen molar-refractivity contribution in [3.8, 4) is 0 Å². The lowest BCUT2D eigenvalue weighted by atomic mass is 10.2. The summed E-state index contributed by atoms with van der Waals surface area (Å²) in [4.78, 5) is 26.0. The number of anilines is 2. The predicted molar refractivity (Wildman–Crippen MR) is 92.5 cm³/mol. The number of benzene rings is 1. The Morgan fingerprint density at radius 1 is 1.52 bits per heavy atom. The van der Waals surface area contributed by atoms with E-state index in [1.807, 2.05) is 6.92 Å². The van der Waals surface area contributed by atoms with Crippen molar-refractivity contribution in [1.29, 1.82) is 0 Å². The van der Waals surface area contributed by atoms with Crippen molar-refractivity contribution in [3.63, 3.8) is 0 Å². The SMILES string of the molecule is CCOCCN(C)c1ccc(N2CC(CNC(C)=O)OC2=O)cc1F. The molecule has 1 fully saturated rings. The van der Waals surface area contributed by atoms with Crippen LogP contribution in [0.25, 0.3) is 0 Å². The minimum Gasteiger partial charge on any atom is -0.442 e. The largest absolute Gasteiger partial charge is 0.442 e.